The fraction of sp³-hybridized carbons (Fsp3) is 0.636. The second kappa shape index (κ2) is 14.0. The second-order valence-electron chi connectivity index (χ2n) is 8.70. The number of carbonyl (C=O) groups excluding carboxylic acids is 4. The molecule has 6 unspecified atom stereocenters. The molecule has 1 aromatic heterocycles. The second-order valence-corrected chi connectivity index (χ2v) is 8.70. The number of aromatic nitrogens is 2. The number of aliphatic carboxylic acids is 1. The molecule has 0 aromatic carbocycles. The van der Waals surface area contributed by atoms with Gasteiger partial charge in [-0.15, -0.1) is 0 Å². The highest BCUT2D eigenvalue weighted by molar-refractivity contribution is 5.95. The third-order valence-corrected chi connectivity index (χ3v) is 5.98. The number of nitrogens with two attached hydrogens (primary N) is 2. The van der Waals surface area contributed by atoms with Gasteiger partial charge in [0, 0.05) is 18.3 Å². The quantitative estimate of drug-likeness (QED) is 0.156. The van der Waals surface area contributed by atoms with Gasteiger partial charge >= 0.3 is 5.97 Å². The van der Waals surface area contributed by atoms with Crippen LogP contribution < -0.4 is 27.4 Å². The first-order valence-electron chi connectivity index (χ1n) is 11.6. The van der Waals surface area contributed by atoms with Crippen LogP contribution in [0.4, 0.5) is 0 Å². The van der Waals surface area contributed by atoms with Crippen molar-refractivity contribution in [2.75, 3.05) is 0 Å². The van der Waals surface area contributed by atoms with Crippen molar-refractivity contribution in [1.82, 2.24) is 25.9 Å². The molecule has 4 amide bonds. The highest BCUT2D eigenvalue weighted by atomic mass is 16.4. The van der Waals surface area contributed by atoms with Crippen LogP contribution >= 0.6 is 0 Å². The zero-order valence-electron chi connectivity index (χ0n) is 20.5. The Kier molecular flexibility index (Phi) is 11.9. The number of nitrogens with one attached hydrogen (secondary N) is 4. The number of hydrogen-bond donors (Lipinski definition) is 7. The molecular formula is C22H37N7O6. The number of carbonyl (C=O) groups is 5. The maximum absolute atomic E-state index is 13.2. The van der Waals surface area contributed by atoms with Crippen LogP contribution in [0.3, 0.4) is 0 Å². The summed E-state index contributed by atoms with van der Waals surface area (Å²) in [7, 11) is 0. The van der Waals surface area contributed by atoms with Crippen molar-refractivity contribution >= 4 is 29.6 Å². The van der Waals surface area contributed by atoms with E-state index in [0.717, 1.165) is 0 Å². The number of H-pyrrole nitrogens is 1. The summed E-state index contributed by atoms with van der Waals surface area (Å²) < 4.78 is 0. The van der Waals surface area contributed by atoms with Gasteiger partial charge in [0.2, 0.25) is 23.6 Å². The van der Waals surface area contributed by atoms with Crippen molar-refractivity contribution < 1.29 is 29.1 Å². The van der Waals surface area contributed by atoms with E-state index < -0.39 is 60.2 Å². The topological polar surface area (TPSA) is 222 Å². The number of primary amides is 1. The third kappa shape index (κ3) is 9.35. The van der Waals surface area contributed by atoms with E-state index in [-0.39, 0.29) is 18.3 Å². The van der Waals surface area contributed by atoms with Gasteiger partial charge < -0.3 is 37.5 Å². The minimum atomic E-state index is -1.57. The van der Waals surface area contributed by atoms with Crippen LogP contribution in [0, 0.1) is 11.8 Å². The minimum absolute atomic E-state index is 0.0476. The summed E-state index contributed by atoms with van der Waals surface area (Å²) in [5.41, 5.74) is 11.6. The van der Waals surface area contributed by atoms with E-state index in [9.17, 15) is 29.1 Å². The zero-order chi connectivity index (χ0) is 26.7. The molecule has 0 aliphatic rings. The number of carboxylic acid groups (broad SMARTS) is 1. The van der Waals surface area contributed by atoms with E-state index in [1.807, 2.05) is 20.8 Å². The number of imidazole rings is 1. The molecule has 1 aromatic rings. The summed E-state index contributed by atoms with van der Waals surface area (Å²) in [5, 5.41) is 16.8. The molecule has 1 rings (SSSR count). The predicted molar refractivity (Wildman–Crippen MR) is 126 cm³/mol. The number of nitrogens with zero attached hydrogens (tertiary/aromatic N) is 1. The zero-order valence-corrected chi connectivity index (χ0v) is 20.5. The molecule has 0 fully saturated rings. The van der Waals surface area contributed by atoms with Crippen molar-refractivity contribution in [2.24, 2.45) is 23.3 Å². The molecular weight excluding hydrogens is 458 g/mol. The normalized spacial score (nSPS) is 16.1. The molecule has 13 heteroatoms. The summed E-state index contributed by atoms with van der Waals surface area (Å²) in [6.07, 6.45) is 3.39. The Morgan fingerprint density at radius 3 is 2.06 bits per heavy atom. The van der Waals surface area contributed by atoms with Crippen LogP contribution in [0.5, 0.6) is 0 Å². The average Bonchev–Trinajstić information content (AvgIpc) is 3.32. The lowest BCUT2D eigenvalue weighted by Crippen LogP contribution is -2.59. The van der Waals surface area contributed by atoms with Crippen LogP contribution in [-0.2, 0) is 30.4 Å². The maximum Gasteiger partial charge on any atom is 0.326 e. The van der Waals surface area contributed by atoms with Crippen LogP contribution in [-0.4, -0.2) is 68.8 Å². The Labute approximate surface area is 204 Å². The van der Waals surface area contributed by atoms with Crippen LogP contribution in [0.2, 0.25) is 0 Å². The highest BCUT2D eigenvalue weighted by Gasteiger charge is 2.33. The third-order valence-electron chi connectivity index (χ3n) is 5.98. The lowest BCUT2D eigenvalue weighted by molar-refractivity contribution is -0.143. The molecule has 6 atom stereocenters. The molecule has 0 aliphatic heterocycles. The summed E-state index contributed by atoms with van der Waals surface area (Å²) in [5.74, 6) is -4.72. The standard InChI is InChI=1S/C22H37N7O6/c1-5-11(3)17(24)20(32)29-18(12(4)6-2)21(33)27-14(7-13-9-25-10-26-13)19(31)28-15(22(34)35)8-16(23)30/h9-12,14-15,17-18H,5-8,24H2,1-4H3,(H2,23,30)(H,25,26)(H,27,33)(H,28,31)(H,29,32)(H,34,35). The molecule has 196 valence electrons. The van der Waals surface area contributed by atoms with Crippen LogP contribution in [0.25, 0.3) is 0 Å². The number of rotatable bonds is 15. The highest BCUT2D eigenvalue weighted by Crippen LogP contribution is 2.12. The first-order valence-corrected chi connectivity index (χ1v) is 11.6. The Hall–Kier alpha value is -3.48. The van der Waals surface area contributed by atoms with E-state index in [2.05, 4.69) is 25.9 Å². The molecule has 0 spiro atoms. The number of aromatic amines is 1. The number of carboxylic acids is 1. The lowest BCUT2D eigenvalue weighted by Gasteiger charge is -2.28. The van der Waals surface area contributed by atoms with Gasteiger partial charge in [0.25, 0.3) is 0 Å². The van der Waals surface area contributed by atoms with Crippen LogP contribution in [0.15, 0.2) is 12.5 Å². The van der Waals surface area contributed by atoms with Gasteiger partial charge in [-0.2, -0.15) is 0 Å². The first kappa shape index (κ1) is 29.6. The average molecular weight is 496 g/mol. The summed E-state index contributed by atoms with van der Waals surface area (Å²) in [6, 6.07) is -4.60. The van der Waals surface area contributed by atoms with Gasteiger partial charge in [-0.1, -0.05) is 40.5 Å². The molecule has 0 aliphatic carbocycles. The smallest absolute Gasteiger partial charge is 0.326 e. The van der Waals surface area contributed by atoms with E-state index >= 15 is 0 Å². The monoisotopic (exact) mass is 495 g/mol. The molecule has 1 heterocycles. The summed E-state index contributed by atoms with van der Waals surface area (Å²) in [4.78, 5) is 68.2. The van der Waals surface area contributed by atoms with Gasteiger partial charge in [0.1, 0.15) is 18.1 Å². The Bertz CT molecular complexity index is 876. The molecule has 0 saturated carbocycles. The Balaban J connectivity index is 3.12. The van der Waals surface area contributed by atoms with E-state index in [1.54, 1.807) is 6.92 Å². The van der Waals surface area contributed by atoms with Gasteiger partial charge in [-0.05, 0) is 11.8 Å². The van der Waals surface area contributed by atoms with Gasteiger partial charge in [0.05, 0.1) is 18.8 Å². The fourth-order valence-corrected chi connectivity index (χ4v) is 3.22. The van der Waals surface area contributed by atoms with Crippen molar-refractivity contribution in [1.29, 1.82) is 0 Å². The van der Waals surface area contributed by atoms with Gasteiger partial charge in [-0.3, -0.25) is 19.2 Å². The lowest BCUT2D eigenvalue weighted by atomic mass is 9.95. The summed E-state index contributed by atoms with van der Waals surface area (Å²) >= 11 is 0. The van der Waals surface area contributed by atoms with Crippen molar-refractivity contribution in [3.05, 3.63) is 18.2 Å². The molecule has 9 N–H and O–H groups in total. The predicted octanol–water partition coefficient (Wildman–Crippen LogP) is -1.21. The van der Waals surface area contributed by atoms with E-state index in [1.165, 1.54) is 12.5 Å². The number of amides is 4. The van der Waals surface area contributed by atoms with Gasteiger partial charge in [0.15, 0.2) is 0 Å². The Morgan fingerprint density at radius 1 is 0.971 bits per heavy atom. The fourth-order valence-electron chi connectivity index (χ4n) is 3.22. The van der Waals surface area contributed by atoms with Gasteiger partial charge in [-0.25, -0.2) is 9.78 Å². The Morgan fingerprint density at radius 2 is 1.57 bits per heavy atom. The maximum atomic E-state index is 13.2. The molecule has 13 nitrogen and oxygen atoms in total. The number of hydrogen-bond acceptors (Lipinski definition) is 7. The van der Waals surface area contributed by atoms with Crippen LogP contribution in [0.1, 0.15) is 52.7 Å². The molecule has 0 saturated heterocycles. The summed E-state index contributed by atoms with van der Waals surface area (Å²) in [6.45, 7) is 7.36. The minimum Gasteiger partial charge on any atom is -0.480 e. The van der Waals surface area contributed by atoms with E-state index in [4.69, 9.17) is 11.5 Å². The molecule has 0 bridgehead atoms. The molecule has 35 heavy (non-hydrogen) atoms. The van der Waals surface area contributed by atoms with Crippen molar-refractivity contribution in [3.63, 3.8) is 0 Å². The van der Waals surface area contributed by atoms with Crippen molar-refractivity contribution in [2.45, 2.75) is 77.5 Å². The first-order chi connectivity index (χ1) is 16.4. The SMILES string of the molecule is CCC(C)C(N)C(=O)NC(C(=O)NC(Cc1cnc[nH]1)C(=O)NC(CC(N)=O)C(=O)O)C(C)CC. The van der Waals surface area contributed by atoms with Crippen molar-refractivity contribution in [3.8, 4) is 0 Å². The van der Waals surface area contributed by atoms with E-state index in [0.29, 0.717) is 18.5 Å². The largest absolute Gasteiger partial charge is 0.480 e. The molecule has 0 radical (unpaired) electrons.